The summed E-state index contributed by atoms with van der Waals surface area (Å²) in [5.41, 5.74) is 8.15. The van der Waals surface area contributed by atoms with Gasteiger partial charge in [-0.2, -0.15) is 0 Å². The predicted octanol–water partition coefficient (Wildman–Crippen LogP) is 1.79. The Morgan fingerprint density at radius 1 is 1.50 bits per heavy atom. The summed E-state index contributed by atoms with van der Waals surface area (Å²) in [6.07, 6.45) is 0.854. The van der Waals surface area contributed by atoms with Gasteiger partial charge in [-0.25, -0.2) is 0 Å². The third-order valence-electron chi connectivity index (χ3n) is 2.53. The number of rotatable bonds is 1. The summed E-state index contributed by atoms with van der Waals surface area (Å²) in [6, 6.07) is 4.04. The highest BCUT2D eigenvalue weighted by Crippen LogP contribution is 2.38. The summed E-state index contributed by atoms with van der Waals surface area (Å²) in [5, 5.41) is 0. The highest BCUT2D eigenvalue weighted by Gasteiger charge is 2.22. The van der Waals surface area contributed by atoms with Gasteiger partial charge in [0.1, 0.15) is 11.5 Å². The lowest BCUT2D eigenvalue weighted by atomic mass is 9.98. The number of methoxy groups -OCH3 is 1. The number of ether oxygens (including phenoxy) is 2. The maximum absolute atomic E-state index is 6.01. The van der Waals surface area contributed by atoms with Crippen molar-refractivity contribution in [2.24, 2.45) is 5.73 Å². The molecule has 3 nitrogen and oxygen atoms in total. The van der Waals surface area contributed by atoms with Crippen LogP contribution >= 0.6 is 0 Å². The third kappa shape index (κ3) is 1.44. The summed E-state index contributed by atoms with van der Waals surface area (Å²) in [5.74, 6) is 1.72. The molecule has 0 aliphatic carbocycles. The van der Waals surface area contributed by atoms with E-state index in [4.69, 9.17) is 15.2 Å². The van der Waals surface area contributed by atoms with Crippen molar-refractivity contribution in [2.75, 3.05) is 13.7 Å². The number of hydrogen-bond acceptors (Lipinski definition) is 3. The van der Waals surface area contributed by atoms with Gasteiger partial charge < -0.3 is 15.2 Å². The summed E-state index contributed by atoms with van der Waals surface area (Å²) in [6.45, 7) is 2.72. The molecule has 2 rings (SSSR count). The molecule has 2 N–H and O–H groups in total. The van der Waals surface area contributed by atoms with Gasteiger partial charge in [0, 0.05) is 12.5 Å². The Morgan fingerprint density at radius 2 is 2.29 bits per heavy atom. The predicted molar refractivity (Wildman–Crippen MR) is 54.8 cm³/mol. The van der Waals surface area contributed by atoms with E-state index in [-0.39, 0.29) is 6.04 Å². The van der Waals surface area contributed by atoms with Crippen LogP contribution in [0.5, 0.6) is 11.5 Å². The van der Waals surface area contributed by atoms with E-state index in [9.17, 15) is 0 Å². The molecule has 0 unspecified atom stereocenters. The van der Waals surface area contributed by atoms with Crippen LogP contribution in [0.15, 0.2) is 12.1 Å². The first kappa shape index (κ1) is 9.34. The topological polar surface area (TPSA) is 44.5 Å². The molecular formula is C11H15NO2. The molecular weight excluding hydrogens is 178 g/mol. The number of benzene rings is 1. The van der Waals surface area contributed by atoms with Gasteiger partial charge in [0.15, 0.2) is 0 Å². The van der Waals surface area contributed by atoms with Crippen molar-refractivity contribution in [1.82, 2.24) is 0 Å². The number of fused-ring (bicyclic) bond motifs is 1. The van der Waals surface area contributed by atoms with Gasteiger partial charge in [-0.3, -0.25) is 0 Å². The van der Waals surface area contributed by atoms with Crippen LogP contribution in [0, 0.1) is 6.92 Å². The van der Waals surface area contributed by atoms with Crippen LogP contribution < -0.4 is 15.2 Å². The van der Waals surface area contributed by atoms with Crippen LogP contribution in [0.1, 0.15) is 23.6 Å². The molecule has 1 aromatic carbocycles. The minimum absolute atomic E-state index is 0.0364. The first-order chi connectivity index (χ1) is 6.72. The van der Waals surface area contributed by atoms with Crippen LogP contribution in [-0.4, -0.2) is 13.7 Å². The molecule has 0 amide bonds. The van der Waals surface area contributed by atoms with E-state index in [2.05, 4.69) is 0 Å². The molecule has 0 spiro atoms. The molecule has 1 atom stereocenters. The second-order valence-corrected chi connectivity index (χ2v) is 3.62. The standard InChI is InChI=1S/C11H15NO2/c1-7-5-9(13-2)11-8(12)3-4-14-10(11)6-7/h5-6,8H,3-4,12H2,1-2H3/t8-/m1/s1. The van der Waals surface area contributed by atoms with Crippen LogP contribution in [0.25, 0.3) is 0 Å². The summed E-state index contributed by atoms with van der Waals surface area (Å²) < 4.78 is 10.9. The first-order valence-corrected chi connectivity index (χ1v) is 4.79. The molecule has 3 heteroatoms. The molecule has 0 saturated heterocycles. The highest BCUT2D eigenvalue weighted by molar-refractivity contribution is 5.50. The van der Waals surface area contributed by atoms with Crippen molar-refractivity contribution in [1.29, 1.82) is 0 Å². The Bertz CT molecular complexity index is 332. The molecule has 0 aromatic heterocycles. The average Bonchev–Trinajstić information content (AvgIpc) is 2.16. The number of aryl methyl sites for hydroxylation is 1. The van der Waals surface area contributed by atoms with Crippen molar-refractivity contribution in [2.45, 2.75) is 19.4 Å². The zero-order valence-corrected chi connectivity index (χ0v) is 8.54. The van der Waals surface area contributed by atoms with Crippen LogP contribution in [-0.2, 0) is 0 Å². The molecule has 0 saturated carbocycles. The molecule has 76 valence electrons. The molecule has 14 heavy (non-hydrogen) atoms. The van der Waals surface area contributed by atoms with Crippen molar-refractivity contribution in [3.63, 3.8) is 0 Å². The summed E-state index contributed by atoms with van der Waals surface area (Å²) in [7, 11) is 1.66. The Kier molecular flexibility index (Phi) is 2.33. The zero-order valence-electron chi connectivity index (χ0n) is 8.54. The van der Waals surface area contributed by atoms with E-state index >= 15 is 0 Å². The van der Waals surface area contributed by atoms with Crippen molar-refractivity contribution in [3.8, 4) is 11.5 Å². The normalized spacial score (nSPS) is 19.8. The quantitative estimate of drug-likeness (QED) is 0.739. The van der Waals surface area contributed by atoms with Gasteiger partial charge in [-0.15, -0.1) is 0 Å². The van der Waals surface area contributed by atoms with E-state index in [1.165, 1.54) is 0 Å². The number of hydrogen-bond donors (Lipinski definition) is 1. The van der Waals surface area contributed by atoms with Gasteiger partial charge in [0.2, 0.25) is 0 Å². The maximum atomic E-state index is 6.01. The average molecular weight is 193 g/mol. The van der Waals surface area contributed by atoms with Crippen molar-refractivity contribution >= 4 is 0 Å². The van der Waals surface area contributed by atoms with Gasteiger partial charge in [-0.1, -0.05) is 0 Å². The van der Waals surface area contributed by atoms with Crippen molar-refractivity contribution < 1.29 is 9.47 Å². The zero-order chi connectivity index (χ0) is 10.1. The fourth-order valence-electron chi connectivity index (χ4n) is 1.83. The van der Waals surface area contributed by atoms with E-state index < -0.39 is 0 Å². The van der Waals surface area contributed by atoms with Crippen LogP contribution in [0.4, 0.5) is 0 Å². The van der Waals surface area contributed by atoms with Gasteiger partial charge in [-0.05, 0) is 24.6 Å². The molecule has 0 bridgehead atoms. The Balaban J connectivity index is 2.55. The molecule has 1 aliphatic heterocycles. The Labute approximate surface area is 83.8 Å². The fourth-order valence-corrected chi connectivity index (χ4v) is 1.83. The number of nitrogens with two attached hydrogens (primary N) is 1. The lowest BCUT2D eigenvalue weighted by molar-refractivity contribution is 0.262. The van der Waals surface area contributed by atoms with Crippen LogP contribution in [0.3, 0.4) is 0 Å². The summed E-state index contributed by atoms with van der Waals surface area (Å²) in [4.78, 5) is 0. The highest BCUT2D eigenvalue weighted by atomic mass is 16.5. The third-order valence-corrected chi connectivity index (χ3v) is 2.53. The monoisotopic (exact) mass is 193 g/mol. The molecule has 1 aliphatic rings. The fraction of sp³-hybridized carbons (Fsp3) is 0.455. The minimum Gasteiger partial charge on any atom is -0.496 e. The van der Waals surface area contributed by atoms with Crippen molar-refractivity contribution in [3.05, 3.63) is 23.3 Å². The van der Waals surface area contributed by atoms with E-state index in [1.807, 2.05) is 19.1 Å². The molecule has 0 radical (unpaired) electrons. The lowest BCUT2D eigenvalue weighted by Crippen LogP contribution is -2.21. The van der Waals surface area contributed by atoms with Gasteiger partial charge in [0.05, 0.1) is 19.3 Å². The second-order valence-electron chi connectivity index (χ2n) is 3.62. The van der Waals surface area contributed by atoms with Crippen LogP contribution in [0.2, 0.25) is 0 Å². The van der Waals surface area contributed by atoms with E-state index in [1.54, 1.807) is 7.11 Å². The minimum atomic E-state index is 0.0364. The molecule has 0 fully saturated rings. The largest absolute Gasteiger partial charge is 0.496 e. The SMILES string of the molecule is COc1cc(C)cc2c1[C@H](N)CCO2. The lowest BCUT2D eigenvalue weighted by Gasteiger charge is -2.25. The molecule has 1 aromatic rings. The molecule has 1 heterocycles. The Morgan fingerprint density at radius 3 is 3.00 bits per heavy atom. The Hall–Kier alpha value is -1.22. The van der Waals surface area contributed by atoms with E-state index in [0.717, 1.165) is 29.0 Å². The first-order valence-electron chi connectivity index (χ1n) is 4.79. The van der Waals surface area contributed by atoms with Gasteiger partial charge in [0.25, 0.3) is 0 Å². The maximum Gasteiger partial charge on any atom is 0.128 e. The smallest absolute Gasteiger partial charge is 0.128 e. The van der Waals surface area contributed by atoms with E-state index in [0.29, 0.717) is 6.61 Å². The second kappa shape index (κ2) is 3.50. The summed E-state index contributed by atoms with van der Waals surface area (Å²) >= 11 is 0. The van der Waals surface area contributed by atoms with Gasteiger partial charge >= 0.3 is 0 Å².